The lowest BCUT2D eigenvalue weighted by Crippen LogP contribution is -2.49. The number of hydrogen-bond donors (Lipinski definition) is 1. The van der Waals surface area contributed by atoms with E-state index in [0.717, 1.165) is 31.0 Å². The number of benzene rings is 1. The summed E-state index contributed by atoms with van der Waals surface area (Å²) < 4.78 is 0. The van der Waals surface area contributed by atoms with Crippen LogP contribution in [0.15, 0.2) is 24.3 Å². The van der Waals surface area contributed by atoms with Gasteiger partial charge in [0.05, 0.1) is 0 Å². The van der Waals surface area contributed by atoms with Crippen molar-refractivity contribution in [1.82, 2.24) is 10.2 Å². The minimum atomic E-state index is 0.748. The van der Waals surface area contributed by atoms with E-state index in [1.807, 2.05) is 0 Å². The van der Waals surface area contributed by atoms with Crippen LogP contribution in [0.5, 0.6) is 0 Å². The molecule has 0 bridgehead atoms. The summed E-state index contributed by atoms with van der Waals surface area (Å²) in [7, 11) is 2.28. The van der Waals surface area contributed by atoms with Crippen molar-refractivity contribution in [3.63, 3.8) is 0 Å². The molecule has 2 atom stereocenters. The van der Waals surface area contributed by atoms with Crippen molar-refractivity contribution in [3.05, 3.63) is 35.4 Å². The summed E-state index contributed by atoms with van der Waals surface area (Å²) in [4.78, 5) is 2.55. The normalized spacial score (nSPS) is 22.3. The summed E-state index contributed by atoms with van der Waals surface area (Å²) >= 11 is 0. The SMILES string of the molecule is Cc1ccccc1CN(C)C1CCC1CNCC(C)C. The Morgan fingerprint density at radius 3 is 2.60 bits per heavy atom. The average Bonchev–Trinajstić information content (AvgIpc) is 2.35. The minimum Gasteiger partial charge on any atom is -0.316 e. The highest BCUT2D eigenvalue weighted by molar-refractivity contribution is 5.25. The van der Waals surface area contributed by atoms with Gasteiger partial charge in [-0.25, -0.2) is 0 Å². The number of hydrogen-bond acceptors (Lipinski definition) is 2. The zero-order valence-electron chi connectivity index (χ0n) is 13.5. The molecule has 0 amide bonds. The van der Waals surface area contributed by atoms with Crippen LogP contribution in [0.4, 0.5) is 0 Å². The van der Waals surface area contributed by atoms with E-state index in [0.29, 0.717) is 0 Å². The summed E-state index contributed by atoms with van der Waals surface area (Å²) in [6.45, 7) is 10.2. The molecular formula is C18H30N2. The third kappa shape index (κ3) is 4.07. The quantitative estimate of drug-likeness (QED) is 0.819. The Bertz CT molecular complexity index is 414. The molecule has 2 heteroatoms. The molecule has 1 aromatic rings. The highest BCUT2D eigenvalue weighted by atomic mass is 15.1. The highest BCUT2D eigenvalue weighted by Crippen LogP contribution is 2.32. The van der Waals surface area contributed by atoms with Crippen molar-refractivity contribution in [2.75, 3.05) is 20.1 Å². The zero-order valence-corrected chi connectivity index (χ0v) is 13.5. The van der Waals surface area contributed by atoms with E-state index in [-0.39, 0.29) is 0 Å². The first-order chi connectivity index (χ1) is 9.58. The first-order valence-electron chi connectivity index (χ1n) is 8.03. The predicted octanol–water partition coefficient (Wildman–Crippen LogP) is 3.45. The van der Waals surface area contributed by atoms with E-state index >= 15 is 0 Å². The van der Waals surface area contributed by atoms with Gasteiger partial charge in [0.25, 0.3) is 0 Å². The fraction of sp³-hybridized carbons (Fsp3) is 0.667. The van der Waals surface area contributed by atoms with Gasteiger partial charge in [-0.2, -0.15) is 0 Å². The molecule has 1 aliphatic carbocycles. The van der Waals surface area contributed by atoms with Crippen LogP contribution >= 0.6 is 0 Å². The molecule has 2 unspecified atom stereocenters. The number of rotatable bonds is 7. The van der Waals surface area contributed by atoms with Crippen molar-refractivity contribution < 1.29 is 0 Å². The summed E-state index contributed by atoms with van der Waals surface area (Å²) in [5.41, 5.74) is 2.88. The Labute approximate surface area is 124 Å². The fourth-order valence-electron chi connectivity index (χ4n) is 3.10. The predicted molar refractivity (Wildman–Crippen MR) is 86.9 cm³/mol. The maximum Gasteiger partial charge on any atom is 0.0236 e. The van der Waals surface area contributed by atoms with Crippen LogP contribution in [0.3, 0.4) is 0 Å². The van der Waals surface area contributed by atoms with E-state index in [9.17, 15) is 0 Å². The number of nitrogens with zero attached hydrogens (tertiary/aromatic N) is 1. The Balaban J connectivity index is 1.81. The molecule has 0 saturated heterocycles. The molecule has 0 heterocycles. The highest BCUT2D eigenvalue weighted by Gasteiger charge is 2.33. The lowest BCUT2D eigenvalue weighted by Gasteiger charge is -2.43. The van der Waals surface area contributed by atoms with Crippen molar-refractivity contribution in [1.29, 1.82) is 0 Å². The smallest absolute Gasteiger partial charge is 0.0236 e. The van der Waals surface area contributed by atoms with Crippen LogP contribution in [0.25, 0.3) is 0 Å². The molecule has 1 aromatic carbocycles. The van der Waals surface area contributed by atoms with Gasteiger partial charge >= 0.3 is 0 Å². The molecule has 0 radical (unpaired) electrons. The summed E-state index contributed by atoms with van der Waals surface area (Å²) in [5.74, 6) is 1.58. The fourth-order valence-corrected chi connectivity index (χ4v) is 3.10. The molecule has 0 aliphatic heterocycles. The largest absolute Gasteiger partial charge is 0.316 e. The molecule has 1 aliphatic rings. The second-order valence-corrected chi connectivity index (χ2v) is 6.80. The van der Waals surface area contributed by atoms with E-state index in [1.54, 1.807) is 0 Å². The molecular weight excluding hydrogens is 244 g/mol. The summed E-state index contributed by atoms with van der Waals surface area (Å²) in [5, 5.41) is 3.62. The van der Waals surface area contributed by atoms with Crippen molar-refractivity contribution >= 4 is 0 Å². The molecule has 1 saturated carbocycles. The maximum atomic E-state index is 3.62. The van der Waals surface area contributed by atoms with E-state index in [1.165, 1.54) is 30.5 Å². The van der Waals surface area contributed by atoms with Gasteiger partial charge < -0.3 is 5.32 Å². The topological polar surface area (TPSA) is 15.3 Å². The molecule has 1 fully saturated rings. The molecule has 112 valence electrons. The third-order valence-corrected chi connectivity index (χ3v) is 4.58. The van der Waals surface area contributed by atoms with E-state index in [4.69, 9.17) is 0 Å². The van der Waals surface area contributed by atoms with Gasteiger partial charge in [0, 0.05) is 12.6 Å². The van der Waals surface area contributed by atoms with Crippen LogP contribution in [0, 0.1) is 18.8 Å². The van der Waals surface area contributed by atoms with E-state index < -0.39 is 0 Å². The van der Waals surface area contributed by atoms with Crippen LogP contribution in [0.1, 0.15) is 37.8 Å². The third-order valence-electron chi connectivity index (χ3n) is 4.58. The van der Waals surface area contributed by atoms with Crippen LogP contribution < -0.4 is 5.32 Å². The van der Waals surface area contributed by atoms with Crippen LogP contribution in [-0.4, -0.2) is 31.1 Å². The van der Waals surface area contributed by atoms with Gasteiger partial charge in [0.2, 0.25) is 0 Å². The Hall–Kier alpha value is -0.860. The molecule has 0 aromatic heterocycles. The number of aryl methyl sites for hydroxylation is 1. The first kappa shape index (κ1) is 15.5. The van der Waals surface area contributed by atoms with Gasteiger partial charge in [-0.05, 0) is 62.9 Å². The zero-order chi connectivity index (χ0) is 14.5. The van der Waals surface area contributed by atoms with Gasteiger partial charge in [-0.15, -0.1) is 0 Å². The second-order valence-electron chi connectivity index (χ2n) is 6.80. The van der Waals surface area contributed by atoms with Crippen LogP contribution in [-0.2, 0) is 6.54 Å². The minimum absolute atomic E-state index is 0.748. The van der Waals surface area contributed by atoms with Crippen LogP contribution in [0.2, 0.25) is 0 Å². The Morgan fingerprint density at radius 1 is 1.25 bits per heavy atom. The molecule has 0 spiro atoms. The standard InChI is InChI=1S/C18H30N2/c1-14(2)11-19-12-16-9-10-18(16)20(4)13-17-8-6-5-7-15(17)3/h5-8,14,16,18-19H,9-13H2,1-4H3. The van der Waals surface area contributed by atoms with Gasteiger partial charge in [0.15, 0.2) is 0 Å². The maximum absolute atomic E-state index is 3.62. The summed E-state index contributed by atoms with van der Waals surface area (Å²) in [6, 6.07) is 9.51. The average molecular weight is 274 g/mol. The Kier molecular flexibility index (Phi) is 5.62. The molecule has 20 heavy (non-hydrogen) atoms. The van der Waals surface area contributed by atoms with Crippen molar-refractivity contribution in [2.24, 2.45) is 11.8 Å². The molecule has 2 rings (SSSR count). The van der Waals surface area contributed by atoms with E-state index in [2.05, 4.69) is 62.3 Å². The number of nitrogens with one attached hydrogen (secondary N) is 1. The van der Waals surface area contributed by atoms with Gasteiger partial charge in [-0.3, -0.25) is 4.90 Å². The lowest BCUT2D eigenvalue weighted by atomic mass is 9.78. The van der Waals surface area contributed by atoms with Gasteiger partial charge in [-0.1, -0.05) is 38.1 Å². The second kappa shape index (κ2) is 7.24. The summed E-state index contributed by atoms with van der Waals surface area (Å²) in [6.07, 6.45) is 2.74. The lowest BCUT2D eigenvalue weighted by molar-refractivity contribution is 0.0775. The van der Waals surface area contributed by atoms with Gasteiger partial charge in [0.1, 0.15) is 0 Å². The van der Waals surface area contributed by atoms with Crippen molar-refractivity contribution in [2.45, 2.75) is 46.2 Å². The molecule has 1 N–H and O–H groups in total. The molecule has 2 nitrogen and oxygen atoms in total. The van der Waals surface area contributed by atoms with Crippen molar-refractivity contribution in [3.8, 4) is 0 Å². The Morgan fingerprint density at radius 2 is 2.00 bits per heavy atom. The first-order valence-corrected chi connectivity index (χ1v) is 8.03. The monoisotopic (exact) mass is 274 g/mol.